The first-order chi connectivity index (χ1) is 7.56. The molecule has 7 heteroatoms. The van der Waals surface area contributed by atoms with Gasteiger partial charge in [-0.15, -0.1) is 0 Å². The highest BCUT2D eigenvalue weighted by Crippen LogP contribution is 2.10. The fourth-order valence-electron chi connectivity index (χ4n) is 1.39. The van der Waals surface area contributed by atoms with Gasteiger partial charge in [0.2, 0.25) is 11.8 Å². The molecular formula is C9H9N3O4. The molecule has 2 heterocycles. The molecule has 1 saturated heterocycles. The number of hydrogen-bond acceptors (Lipinski definition) is 5. The van der Waals surface area contributed by atoms with Gasteiger partial charge < -0.3 is 4.52 Å². The average molecular weight is 223 g/mol. The first-order valence-corrected chi connectivity index (χ1v) is 4.62. The molecule has 4 amide bonds. The molecule has 0 spiro atoms. The second kappa shape index (κ2) is 3.76. The van der Waals surface area contributed by atoms with E-state index in [2.05, 4.69) is 10.5 Å². The Labute approximate surface area is 90.4 Å². The smallest absolute Gasteiger partial charge is 0.331 e. The highest BCUT2D eigenvalue weighted by atomic mass is 16.5. The topological polar surface area (TPSA) is 92.5 Å². The van der Waals surface area contributed by atoms with E-state index in [9.17, 15) is 14.4 Å². The van der Waals surface area contributed by atoms with Crippen molar-refractivity contribution >= 4 is 17.8 Å². The Balaban J connectivity index is 2.12. The molecule has 1 aliphatic heterocycles. The van der Waals surface area contributed by atoms with Crippen LogP contribution in [0.5, 0.6) is 0 Å². The number of nitrogens with zero attached hydrogens (tertiary/aromatic N) is 2. The van der Waals surface area contributed by atoms with Gasteiger partial charge in [-0.3, -0.25) is 19.8 Å². The van der Waals surface area contributed by atoms with Crippen LogP contribution in [0.1, 0.15) is 17.9 Å². The normalized spacial score (nSPS) is 16.6. The molecule has 1 aromatic rings. The zero-order valence-electron chi connectivity index (χ0n) is 8.52. The van der Waals surface area contributed by atoms with Crippen LogP contribution in [0.2, 0.25) is 0 Å². The lowest BCUT2D eigenvalue weighted by molar-refractivity contribution is -0.136. The summed E-state index contributed by atoms with van der Waals surface area (Å²) in [4.78, 5) is 34.6. The van der Waals surface area contributed by atoms with Crippen molar-refractivity contribution in [3.63, 3.8) is 0 Å². The Hall–Kier alpha value is -2.18. The maximum absolute atomic E-state index is 11.4. The fraction of sp³-hybridized carbons (Fsp3) is 0.333. The minimum atomic E-state index is -0.720. The second-order valence-corrected chi connectivity index (χ2v) is 3.44. The van der Waals surface area contributed by atoms with E-state index in [4.69, 9.17) is 4.52 Å². The van der Waals surface area contributed by atoms with Gasteiger partial charge >= 0.3 is 6.03 Å². The third-order valence-electron chi connectivity index (χ3n) is 2.10. The van der Waals surface area contributed by atoms with Gasteiger partial charge in [-0.2, -0.15) is 0 Å². The SMILES string of the molecule is Cc1cc(CN2C(=O)CC(=O)NC2=O)no1. The lowest BCUT2D eigenvalue weighted by atomic mass is 10.2. The van der Waals surface area contributed by atoms with Crippen molar-refractivity contribution in [1.82, 2.24) is 15.4 Å². The summed E-state index contributed by atoms with van der Waals surface area (Å²) in [6.45, 7) is 1.72. The lowest BCUT2D eigenvalue weighted by Gasteiger charge is -2.23. The maximum atomic E-state index is 11.4. The van der Waals surface area contributed by atoms with Gasteiger partial charge in [0.15, 0.2) is 0 Å². The van der Waals surface area contributed by atoms with E-state index >= 15 is 0 Å². The van der Waals surface area contributed by atoms with Crippen molar-refractivity contribution in [1.29, 1.82) is 0 Å². The van der Waals surface area contributed by atoms with E-state index in [-0.39, 0.29) is 13.0 Å². The molecule has 1 N–H and O–H groups in total. The molecule has 0 aliphatic carbocycles. The van der Waals surface area contributed by atoms with Crippen molar-refractivity contribution in [2.24, 2.45) is 0 Å². The third kappa shape index (κ3) is 1.92. The summed E-state index contributed by atoms with van der Waals surface area (Å²) in [6, 6.07) is 0.902. The maximum Gasteiger partial charge on any atom is 0.331 e. The molecule has 0 saturated carbocycles. The molecule has 0 radical (unpaired) electrons. The quantitative estimate of drug-likeness (QED) is 0.709. The van der Waals surface area contributed by atoms with E-state index in [1.54, 1.807) is 13.0 Å². The Kier molecular flexibility index (Phi) is 2.43. The fourth-order valence-corrected chi connectivity index (χ4v) is 1.39. The molecule has 0 unspecified atom stereocenters. The number of barbiturate groups is 1. The van der Waals surface area contributed by atoms with Crippen molar-refractivity contribution in [2.75, 3.05) is 0 Å². The Morgan fingerprint density at radius 1 is 1.50 bits per heavy atom. The van der Waals surface area contributed by atoms with Crippen molar-refractivity contribution in [2.45, 2.75) is 19.9 Å². The summed E-state index contributed by atoms with van der Waals surface area (Å²) in [7, 11) is 0. The molecule has 2 rings (SSSR count). The van der Waals surface area contributed by atoms with Gasteiger partial charge in [-0.1, -0.05) is 5.16 Å². The van der Waals surface area contributed by atoms with E-state index < -0.39 is 17.8 Å². The number of carbonyl (C=O) groups excluding carboxylic acids is 3. The first-order valence-electron chi connectivity index (χ1n) is 4.62. The number of nitrogens with one attached hydrogen (secondary N) is 1. The summed E-state index contributed by atoms with van der Waals surface area (Å²) in [5, 5.41) is 5.72. The number of aryl methyl sites for hydroxylation is 1. The van der Waals surface area contributed by atoms with E-state index in [1.807, 2.05) is 0 Å². The Bertz CT molecular complexity index is 445. The highest BCUT2D eigenvalue weighted by molar-refractivity contribution is 6.13. The molecule has 0 atom stereocenters. The molecule has 0 aromatic carbocycles. The largest absolute Gasteiger partial charge is 0.361 e. The minimum absolute atomic E-state index is 0.00921. The number of carbonyl (C=O) groups is 3. The molecule has 84 valence electrons. The standard InChI is InChI=1S/C9H9N3O4/c1-5-2-6(11-16-5)4-12-8(14)3-7(13)10-9(12)15/h2H,3-4H2,1H3,(H,10,13,15). The lowest BCUT2D eigenvalue weighted by Crippen LogP contribution is -2.52. The molecule has 1 aromatic heterocycles. The first kappa shape index (κ1) is 10.3. The van der Waals surface area contributed by atoms with Crippen molar-refractivity contribution < 1.29 is 18.9 Å². The molecule has 0 bridgehead atoms. The Morgan fingerprint density at radius 3 is 2.81 bits per heavy atom. The van der Waals surface area contributed by atoms with E-state index in [1.165, 1.54) is 0 Å². The highest BCUT2D eigenvalue weighted by Gasteiger charge is 2.31. The van der Waals surface area contributed by atoms with Gasteiger partial charge in [0.1, 0.15) is 17.9 Å². The van der Waals surface area contributed by atoms with Gasteiger partial charge in [-0.25, -0.2) is 4.79 Å². The van der Waals surface area contributed by atoms with Crippen LogP contribution in [0, 0.1) is 6.92 Å². The van der Waals surface area contributed by atoms with Crippen LogP contribution < -0.4 is 5.32 Å². The van der Waals surface area contributed by atoms with Crippen molar-refractivity contribution in [3.05, 3.63) is 17.5 Å². The van der Waals surface area contributed by atoms with Crippen LogP contribution in [0.25, 0.3) is 0 Å². The van der Waals surface area contributed by atoms with E-state index in [0.717, 1.165) is 4.90 Å². The summed E-state index contributed by atoms with van der Waals surface area (Å²) >= 11 is 0. The number of urea groups is 1. The van der Waals surface area contributed by atoms with Crippen LogP contribution in [-0.2, 0) is 16.1 Å². The zero-order valence-corrected chi connectivity index (χ0v) is 8.52. The van der Waals surface area contributed by atoms with Crippen LogP contribution in [0.3, 0.4) is 0 Å². The number of rotatable bonds is 2. The number of aromatic nitrogens is 1. The summed E-state index contributed by atoms with van der Waals surface area (Å²) in [6.07, 6.45) is -0.317. The molecule has 1 fully saturated rings. The molecule has 16 heavy (non-hydrogen) atoms. The number of amides is 4. The van der Waals surface area contributed by atoms with Crippen LogP contribution >= 0.6 is 0 Å². The van der Waals surface area contributed by atoms with Gasteiger partial charge in [-0.05, 0) is 6.92 Å². The minimum Gasteiger partial charge on any atom is -0.361 e. The van der Waals surface area contributed by atoms with E-state index in [0.29, 0.717) is 11.5 Å². The predicted octanol–water partition coefficient (Wildman–Crippen LogP) is -0.0485. The van der Waals surface area contributed by atoms with Crippen molar-refractivity contribution in [3.8, 4) is 0 Å². The van der Waals surface area contributed by atoms with Gasteiger partial charge in [0.05, 0.1) is 6.54 Å². The number of hydrogen-bond donors (Lipinski definition) is 1. The molecule has 7 nitrogen and oxygen atoms in total. The summed E-state index contributed by atoms with van der Waals surface area (Å²) in [5.74, 6) is -0.520. The average Bonchev–Trinajstić information content (AvgIpc) is 2.58. The monoisotopic (exact) mass is 223 g/mol. The molecule has 1 aliphatic rings. The summed E-state index contributed by atoms with van der Waals surface area (Å²) in [5.41, 5.74) is 0.468. The van der Waals surface area contributed by atoms with Gasteiger partial charge in [0.25, 0.3) is 0 Å². The van der Waals surface area contributed by atoms with Crippen LogP contribution in [0.4, 0.5) is 4.79 Å². The van der Waals surface area contributed by atoms with Crippen LogP contribution in [0.15, 0.2) is 10.6 Å². The number of imide groups is 2. The predicted molar refractivity (Wildman–Crippen MR) is 49.9 cm³/mol. The van der Waals surface area contributed by atoms with Crippen LogP contribution in [-0.4, -0.2) is 27.9 Å². The zero-order chi connectivity index (χ0) is 11.7. The summed E-state index contributed by atoms with van der Waals surface area (Å²) < 4.78 is 4.81. The molecular weight excluding hydrogens is 214 g/mol. The third-order valence-corrected chi connectivity index (χ3v) is 2.10. The second-order valence-electron chi connectivity index (χ2n) is 3.44. The Morgan fingerprint density at radius 2 is 2.25 bits per heavy atom. The van der Waals surface area contributed by atoms with Gasteiger partial charge in [0, 0.05) is 6.07 Å².